The van der Waals surface area contributed by atoms with E-state index in [4.69, 9.17) is 14.2 Å². The first-order valence-corrected chi connectivity index (χ1v) is 9.63. The fourth-order valence-corrected chi connectivity index (χ4v) is 3.79. The summed E-state index contributed by atoms with van der Waals surface area (Å²) in [6.45, 7) is 5.46. The predicted octanol–water partition coefficient (Wildman–Crippen LogP) is 4.55. The number of rotatable bonds is 5. The van der Waals surface area contributed by atoms with Gasteiger partial charge in [0, 0.05) is 18.0 Å². The lowest BCUT2D eigenvalue weighted by Gasteiger charge is -2.41. The monoisotopic (exact) mass is 378 g/mol. The molecule has 1 aliphatic rings. The smallest absolute Gasteiger partial charge is 0.214 e. The molecule has 5 nitrogen and oxygen atoms in total. The number of hydrogen-bond acceptors (Lipinski definition) is 4. The Hall–Kier alpha value is -2.63. The van der Waals surface area contributed by atoms with E-state index < -0.39 is 5.79 Å². The maximum atomic E-state index is 6.40. The Kier molecular flexibility index (Phi) is 5.20. The van der Waals surface area contributed by atoms with Crippen LogP contribution in [0.5, 0.6) is 5.75 Å². The standard InChI is InChI=1S/C23H26N2O3/c1-17-14-20(19-4-7-21(26-3)8-5-19)6-9-22(17)23(15-25-12-11-24-16-25)27-13-10-18(2)28-23/h4-9,11-12,14,16,18H,10,13,15H2,1-3H3. The topological polar surface area (TPSA) is 45.5 Å². The highest BCUT2D eigenvalue weighted by Crippen LogP contribution is 2.38. The average Bonchev–Trinajstić information content (AvgIpc) is 3.20. The second-order valence-corrected chi connectivity index (χ2v) is 7.31. The zero-order valence-electron chi connectivity index (χ0n) is 16.6. The number of benzene rings is 2. The van der Waals surface area contributed by atoms with Gasteiger partial charge in [-0.2, -0.15) is 0 Å². The van der Waals surface area contributed by atoms with Crippen molar-refractivity contribution in [2.75, 3.05) is 13.7 Å². The van der Waals surface area contributed by atoms with Gasteiger partial charge in [-0.3, -0.25) is 0 Å². The van der Waals surface area contributed by atoms with E-state index in [1.165, 1.54) is 0 Å². The number of hydrogen-bond donors (Lipinski definition) is 0. The quantitative estimate of drug-likeness (QED) is 0.654. The minimum absolute atomic E-state index is 0.137. The summed E-state index contributed by atoms with van der Waals surface area (Å²) < 4.78 is 19.9. The van der Waals surface area contributed by atoms with Crippen molar-refractivity contribution in [3.8, 4) is 16.9 Å². The lowest BCUT2D eigenvalue weighted by molar-refractivity contribution is -0.306. The van der Waals surface area contributed by atoms with E-state index in [1.807, 2.05) is 22.9 Å². The third-order valence-electron chi connectivity index (χ3n) is 5.26. The first-order chi connectivity index (χ1) is 13.6. The molecule has 0 aliphatic carbocycles. The molecule has 2 atom stereocenters. The van der Waals surface area contributed by atoms with Crippen molar-refractivity contribution in [2.24, 2.45) is 0 Å². The van der Waals surface area contributed by atoms with Crippen LogP contribution in [-0.4, -0.2) is 29.4 Å². The summed E-state index contributed by atoms with van der Waals surface area (Å²) in [7, 11) is 1.68. The molecule has 1 saturated heterocycles. The molecule has 0 radical (unpaired) electrons. The molecule has 2 aromatic carbocycles. The van der Waals surface area contributed by atoms with E-state index in [-0.39, 0.29) is 6.10 Å². The molecule has 146 valence electrons. The Morgan fingerprint density at radius 1 is 1.18 bits per heavy atom. The maximum absolute atomic E-state index is 6.40. The van der Waals surface area contributed by atoms with Gasteiger partial charge in [-0.1, -0.05) is 30.3 Å². The fourth-order valence-electron chi connectivity index (χ4n) is 3.79. The molecule has 1 aromatic heterocycles. The molecule has 0 saturated carbocycles. The van der Waals surface area contributed by atoms with Gasteiger partial charge in [0.2, 0.25) is 5.79 Å². The molecule has 0 amide bonds. The van der Waals surface area contributed by atoms with Crippen LogP contribution < -0.4 is 4.74 Å². The highest BCUT2D eigenvalue weighted by atomic mass is 16.7. The van der Waals surface area contributed by atoms with Gasteiger partial charge in [-0.25, -0.2) is 4.98 Å². The molecular formula is C23H26N2O3. The van der Waals surface area contributed by atoms with Gasteiger partial charge in [-0.05, 0) is 49.1 Å². The number of nitrogens with zero attached hydrogens (tertiary/aromatic N) is 2. The van der Waals surface area contributed by atoms with Crippen molar-refractivity contribution >= 4 is 0 Å². The summed E-state index contributed by atoms with van der Waals surface area (Å²) in [6.07, 6.45) is 6.55. The summed E-state index contributed by atoms with van der Waals surface area (Å²) in [4.78, 5) is 4.16. The lowest BCUT2D eigenvalue weighted by atomic mass is 9.94. The van der Waals surface area contributed by atoms with Crippen LogP contribution in [0.25, 0.3) is 11.1 Å². The van der Waals surface area contributed by atoms with Crippen LogP contribution in [0.15, 0.2) is 61.2 Å². The molecule has 0 N–H and O–H groups in total. The number of imidazole rings is 1. The van der Waals surface area contributed by atoms with Crippen molar-refractivity contribution in [3.05, 3.63) is 72.3 Å². The number of aromatic nitrogens is 2. The Morgan fingerprint density at radius 3 is 2.61 bits per heavy atom. The summed E-state index contributed by atoms with van der Waals surface area (Å²) >= 11 is 0. The third-order valence-corrected chi connectivity index (χ3v) is 5.26. The van der Waals surface area contributed by atoms with Gasteiger partial charge in [0.25, 0.3) is 0 Å². The Bertz CT molecular complexity index is 922. The van der Waals surface area contributed by atoms with Crippen LogP contribution in [0.2, 0.25) is 0 Å². The average molecular weight is 378 g/mol. The summed E-state index contributed by atoms with van der Waals surface area (Å²) in [5.41, 5.74) is 4.51. The predicted molar refractivity (Wildman–Crippen MR) is 108 cm³/mol. The maximum Gasteiger partial charge on any atom is 0.214 e. The van der Waals surface area contributed by atoms with Gasteiger partial charge in [0.15, 0.2) is 0 Å². The summed E-state index contributed by atoms with van der Waals surface area (Å²) in [5.74, 6) is 0.0512. The van der Waals surface area contributed by atoms with E-state index >= 15 is 0 Å². The normalized spacial score (nSPS) is 22.2. The number of ether oxygens (including phenoxy) is 3. The molecule has 0 bridgehead atoms. The zero-order valence-corrected chi connectivity index (χ0v) is 16.6. The van der Waals surface area contributed by atoms with Crippen molar-refractivity contribution in [3.63, 3.8) is 0 Å². The minimum Gasteiger partial charge on any atom is -0.497 e. The minimum atomic E-state index is -0.805. The van der Waals surface area contributed by atoms with Crippen molar-refractivity contribution in [2.45, 2.75) is 38.7 Å². The Labute approximate surface area is 165 Å². The molecule has 5 heteroatoms. The Morgan fingerprint density at radius 2 is 1.96 bits per heavy atom. The van der Waals surface area contributed by atoms with E-state index in [1.54, 1.807) is 19.6 Å². The van der Waals surface area contributed by atoms with Crippen LogP contribution in [0.3, 0.4) is 0 Å². The van der Waals surface area contributed by atoms with E-state index in [0.29, 0.717) is 13.2 Å². The largest absolute Gasteiger partial charge is 0.497 e. The van der Waals surface area contributed by atoms with Gasteiger partial charge in [0.1, 0.15) is 5.75 Å². The fraction of sp³-hybridized carbons (Fsp3) is 0.348. The molecule has 2 unspecified atom stereocenters. The number of aryl methyl sites for hydroxylation is 1. The molecule has 2 heterocycles. The molecule has 1 fully saturated rings. The van der Waals surface area contributed by atoms with Crippen LogP contribution in [0, 0.1) is 6.92 Å². The van der Waals surface area contributed by atoms with Crippen molar-refractivity contribution in [1.82, 2.24) is 9.55 Å². The van der Waals surface area contributed by atoms with E-state index in [9.17, 15) is 0 Å². The third kappa shape index (κ3) is 3.68. The van der Waals surface area contributed by atoms with Crippen molar-refractivity contribution in [1.29, 1.82) is 0 Å². The number of methoxy groups -OCH3 is 1. The summed E-state index contributed by atoms with van der Waals surface area (Å²) in [6, 6.07) is 14.6. The van der Waals surface area contributed by atoms with Gasteiger partial charge in [0.05, 0.1) is 32.7 Å². The van der Waals surface area contributed by atoms with Gasteiger partial charge < -0.3 is 18.8 Å². The van der Waals surface area contributed by atoms with E-state index in [0.717, 1.165) is 34.4 Å². The first-order valence-electron chi connectivity index (χ1n) is 9.63. The molecule has 3 aromatic rings. The second kappa shape index (κ2) is 7.78. The molecule has 28 heavy (non-hydrogen) atoms. The highest BCUT2D eigenvalue weighted by Gasteiger charge is 2.40. The van der Waals surface area contributed by atoms with Crippen LogP contribution in [-0.2, 0) is 21.8 Å². The van der Waals surface area contributed by atoms with Crippen LogP contribution >= 0.6 is 0 Å². The lowest BCUT2D eigenvalue weighted by Crippen LogP contribution is -2.45. The molecule has 1 aliphatic heterocycles. The molecular weight excluding hydrogens is 352 g/mol. The van der Waals surface area contributed by atoms with Crippen LogP contribution in [0.1, 0.15) is 24.5 Å². The summed E-state index contributed by atoms with van der Waals surface area (Å²) in [5, 5.41) is 0. The second-order valence-electron chi connectivity index (χ2n) is 7.31. The first kappa shape index (κ1) is 18.7. The molecule has 4 rings (SSSR count). The van der Waals surface area contributed by atoms with Crippen LogP contribution in [0.4, 0.5) is 0 Å². The van der Waals surface area contributed by atoms with Gasteiger partial charge in [-0.15, -0.1) is 0 Å². The Balaban J connectivity index is 1.70. The van der Waals surface area contributed by atoms with E-state index in [2.05, 4.69) is 49.2 Å². The van der Waals surface area contributed by atoms with Crippen molar-refractivity contribution < 1.29 is 14.2 Å². The zero-order chi connectivity index (χ0) is 19.6. The SMILES string of the molecule is COc1ccc(-c2ccc(C3(Cn4ccnc4)OCCC(C)O3)c(C)c2)cc1. The highest BCUT2D eigenvalue weighted by molar-refractivity contribution is 5.65. The van der Waals surface area contributed by atoms with Gasteiger partial charge >= 0.3 is 0 Å². The molecule has 0 spiro atoms.